The van der Waals surface area contributed by atoms with Gasteiger partial charge in [-0.3, -0.25) is 4.98 Å². The van der Waals surface area contributed by atoms with Crippen LogP contribution in [0.3, 0.4) is 0 Å². The topological polar surface area (TPSA) is 34.1 Å². The van der Waals surface area contributed by atoms with E-state index in [4.69, 9.17) is 4.74 Å². The van der Waals surface area contributed by atoms with Crippen molar-refractivity contribution in [3.63, 3.8) is 0 Å². The van der Waals surface area contributed by atoms with Crippen molar-refractivity contribution >= 4 is 42.8 Å². The summed E-state index contributed by atoms with van der Waals surface area (Å²) in [6, 6.07) is 6.58. The molecular formula is C16H18Br2N2O. The molecule has 1 aliphatic carbocycles. The SMILES string of the molecule is CC(NCCOc1c(Br)cc(Br)c2cccnc12)C1CC1. The van der Waals surface area contributed by atoms with E-state index in [1.807, 2.05) is 18.2 Å². The van der Waals surface area contributed by atoms with Gasteiger partial charge in [-0.05, 0) is 53.7 Å². The summed E-state index contributed by atoms with van der Waals surface area (Å²) in [6.45, 7) is 3.75. The second kappa shape index (κ2) is 6.63. The first-order valence-electron chi connectivity index (χ1n) is 7.25. The maximum Gasteiger partial charge on any atom is 0.159 e. The molecule has 1 heterocycles. The van der Waals surface area contributed by atoms with Gasteiger partial charge >= 0.3 is 0 Å². The summed E-state index contributed by atoms with van der Waals surface area (Å²) in [6.07, 6.45) is 4.52. The average molecular weight is 414 g/mol. The van der Waals surface area contributed by atoms with Gasteiger partial charge in [0.05, 0.1) is 4.47 Å². The zero-order chi connectivity index (χ0) is 14.8. The van der Waals surface area contributed by atoms with Gasteiger partial charge in [0.15, 0.2) is 5.75 Å². The number of benzene rings is 1. The minimum absolute atomic E-state index is 0.594. The van der Waals surface area contributed by atoms with Gasteiger partial charge in [-0.1, -0.05) is 22.0 Å². The van der Waals surface area contributed by atoms with Crippen LogP contribution in [-0.4, -0.2) is 24.2 Å². The zero-order valence-electron chi connectivity index (χ0n) is 11.9. The fourth-order valence-corrected chi connectivity index (χ4v) is 3.87. The van der Waals surface area contributed by atoms with Crippen LogP contribution < -0.4 is 10.1 Å². The Morgan fingerprint density at radius 3 is 2.95 bits per heavy atom. The quantitative estimate of drug-likeness (QED) is 0.706. The number of fused-ring (bicyclic) bond motifs is 1. The molecule has 1 aliphatic rings. The predicted octanol–water partition coefficient (Wildman–Crippen LogP) is 4.53. The number of nitrogens with one attached hydrogen (secondary N) is 1. The number of pyridine rings is 1. The van der Waals surface area contributed by atoms with Gasteiger partial charge < -0.3 is 10.1 Å². The lowest BCUT2D eigenvalue weighted by Gasteiger charge is -2.15. The molecule has 112 valence electrons. The minimum atomic E-state index is 0.594. The van der Waals surface area contributed by atoms with Crippen molar-refractivity contribution in [3.05, 3.63) is 33.3 Å². The van der Waals surface area contributed by atoms with E-state index in [1.165, 1.54) is 12.8 Å². The van der Waals surface area contributed by atoms with Crippen molar-refractivity contribution in [3.8, 4) is 5.75 Å². The number of nitrogens with zero attached hydrogens (tertiary/aromatic N) is 1. The van der Waals surface area contributed by atoms with Crippen molar-refractivity contribution < 1.29 is 4.74 Å². The van der Waals surface area contributed by atoms with Crippen LogP contribution in [-0.2, 0) is 0 Å². The Balaban J connectivity index is 1.68. The molecule has 1 aromatic heterocycles. The maximum atomic E-state index is 5.96. The normalized spacial score (nSPS) is 16.1. The molecule has 1 aromatic carbocycles. The van der Waals surface area contributed by atoms with Crippen LogP contribution in [0.5, 0.6) is 5.75 Å². The van der Waals surface area contributed by atoms with Gasteiger partial charge in [-0.2, -0.15) is 0 Å². The number of hydrogen-bond donors (Lipinski definition) is 1. The molecule has 5 heteroatoms. The molecule has 2 aromatic rings. The Bertz CT molecular complexity index is 643. The smallest absolute Gasteiger partial charge is 0.159 e. The highest BCUT2D eigenvalue weighted by molar-refractivity contribution is 9.11. The summed E-state index contributed by atoms with van der Waals surface area (Å²) in [4.78, 5) is 4.45. The summed E-state index contributed by atoms with van der Waals surface area (Å²) in [5.41, 5.74) is 0.883. The molecule has 3 nitrogen and oxygen atoms in total. The fourth-order valence-electron chi connectivity index (χ4n) is 2.49. The van der Waals surface area contributed by atoms with Crippen molar-refractivity contribution in [1.29, 1.82) is 0 Å². The number of halogens is 2. The molecule has 0 amide bonds. The van der Waals surface area contributed by atoms with E-state index in [0.29, 0.717) is 12.6 Å². The first-order valence-corrected chi connectivity index (χ1v) is 8.84. The molecule has 3 rings (SSSR count). The lowest BCUT2D eigenvalue weighted by atomic mass is 10.2. The third-order valence-electron chi connectivity index (χ3n) is 3.89. The Morgan fingerprint density at radius 1 is 1.38 bits per heavy atom. The van der Waals surface area contributed by atoms with Gasteiger partial charge in [0.25, 0.3) is 0 Å². The van der Waals surface area contributed by atoms with Gasteiger partial charge in [-0.25, -0.2) is 0 Å². The molecule has 0 radical (unpaired) electrons. The fraction of sp³-hybridized carbons (Fsp3) is 0.438. The Labute approximate surface area is 141 Å². The summed E-state index contributed by atoms with van der Waals surface area (Å²) in [5.74, 6) is 1.68. The van der Waals surface area contributed by atoms with E-state index in [0.717, 1.165) is 38.1 Å². The Kier molecular flexibility index (Phi) is 4.82. The van der Waals surface area contributed by atoms with Crippen LogP contribution in [0, 0.1) is 5.92 Å². The highest BCUT2D eigenvalue weighted by Gasteiger charge is 2.27. The first kappa shape index (κ1) is 15.3. The van der Waals surface area contributed by atoms with Gasteiger partial charge in [0, 0.05) is 28.6 Å². The minimum Gasteiger partial charge on any atom is -0.489 e. The van der Waals surface area contributed by atoms with Crippen molar-refractivity contribution in [2.24, 2.45) is 5.92 Å². The van der Waals surface area contributed by atoms with Gasteiger partial charge in [0.2, 0.25) is 0 Å². The second-order valence-electron chi connectivity index (χ2n) is 5.50. The molecule has 0 spiro atoms. The molecule has 1 saturated carbocycles. The summed E-state index contributed by atoms with van der Waals surface area (Å²) in [7, 11) is 0. The van der Waals surface area contributed by atoms with Crippen LogP contribution in [0.4, 0.5) is 0 Å². The molecule has 1 fully saturated rings. The molecule has 1 atom stereocenters. The highest BCUT2D eigenvalue weighted by atomic mass is 79.9. The monoisotopic (exact) mass is 412 g/mol. The molecule has 21 heavy (non-hydrogen) atoms. The third kappa shape index (κ3) is 3.58. The van der Waals surface area contributed by atoms with E-state index in [1.54, 1.807) is 6.20 Å². The molecule has 1 unspecified atom stereocenters. The van der Waals surface area contributed by atoms with Crippen molar-refractivity contribution in [2.45, 2.75) is 25.8 Å². The number of ether oxygens (including phenoxy) is 1. The number of hydrogen-bond acceptors (Lipinski definition) is 3. The van der Waals surface area contributed by atoms with Gasteiger partial charge in [-0.15, -0.1) is 0 Å². The van der Waals surface area contributed by atoms with E-state index in [-0.39, 0.29) is 0 Å². The molecule has 0 bridgehead atoms. The zero-order valence-corrected chi connectivity index (χ0v) is 15.1. The summed E-state index contributed by atoms with van der Waals surface area (Å²) in [5, 5.41) is 4.59. The third-order valence-corrected chi connectivity index (χ3v) is 5.14. The number of aromatic nitrogens is 1. The van der Waals surface area contributed by atoms with Crippen LogP contribution in [0.15, 0.2) is 33.3 Å². The second-order valence-corrected chi connectivity index (χ2v) is 7.21. The molecule has 1 N–H and O–H groups in total. The standard InChI is InChI=1S/C16H18Br2N2O/c1-10(11-4-5-11)19-7-8-21-16-14(18)9-13(17)12-3-2-6-20-15(12)16/h2-3,6,9-11,19H,4-5,7-8H2,1H3. The van der Waals surface area contributed by atoms with E-state index < -0.39 is 0 Å². The summed E-state index contributed by atoms with van der Waals surface area (Å²) >= 11 is 7.13. The van der Waals surface area contributed by atoms with E-state index in [9.17, 15) is 0 Å². The lowest BCUT2D eigenvalue weighted by Crippen LogP contribution is -2.31. The van der Waals surface area contributed by atoms with Crippen LogP contribution in [0.25, 0.3) is 10.9 Å². The Morgan fingerprint density at radius 2 is 2.19 bits per heavy atom. The first-order chi connectivity index (χ1) is 10.2. The highest BCUT2D eigenvalue weighted by Crippen LogP contribution is 2.37. The van der Waals surface area contributed by atoms with Crippen LogP contribution in [0.2, 0.25) is 0 Å². The predicted molar refractivity (Wildman–Crippen MR) is 92.8 cm³/mol. The number of rotatable bonds is 6. The largest absolute Gasteiger partial charge is 0.489 e. The summed E-state index contributed by atoms with van der Waals surface area (Å²) < 4.78 is 7.91. The van der Waals surface area contributed by atoms with Crippen LogP contribution in [0.1, 0.15) is 19.8 Å². The molecule has 0 saturated heterocycles. The van der Waals surface area contributed by atoms with E-state index in [2.05, 4.69) is 49.1 Å². The Hall–Kier alpha value is -0.650. The lowest BCUT2D eigenvalue weighted by molar-refractivity contribution is 0.304. The van der Waals surface area contributed by atoms with Crippen LogP contribution >= 0.6 is 31.9 Å². The molecular weight excluding hydrogens is 396 g/mol. The van der Waals surface area contributed by atoms with Crippen molar-refractivity contribution in [1.82, 2.24) is 10.3 Å². The van der Waals surface area contributed by atoms with Crippen molar-refractivity contribution in [2.75, 3.05) is 13.2 Å². The van der Waals surface area contributed by atoms with Gasteiger partial charge in [0.1, 0.15) is 12.1 Å². The van der Waals surface area contributed by atoms with E-state index >= 15 is 0 Å². The molecule has 0 aliphatic heterocycles. The average Bonchev–Trinajstić information content (AvgIpc) is 3.30. The maximum absolute atomic E-state index is 5.96.